The molecule has 0 radical (unpaired) electrons. The van der Waals surface area contributed by atoms with Crippen LogP contribution in [0.25, 0.3) is 0 Å². The molecule has 0 amide bonds. The molecule has 0 fully saturated rings. The van der Waals surface area contributed by atoms with Crippen molar-refractivity contribution >= 4 is 61.3 Å². The van der Waals surface area contributed by atoms with E-state index in [1.807, 2.05) is 6.07 Å². The number of benzene rings is 2. The normalized spacial score (nSPS) is 11.0. The molecule has 21 heavy (non-hydrogen) atoms. The lowest BCUT2D eigenvalue weighted by molar-refractivity contribution is 0.302. The zero-order valence-corrected chi connectivity index (χ0v) is 15.2. The molecule has 0 saturated heterocycles. The number of hydrogen-bond donors (Lipinski definition) is 1. The highest BCUT2D eigenvalue weighted by Gasteiger charge is 2.09. The Labute approximate surface area is 148 Å². The first kappa shape index (κ1) is 16.6. The van der Waals surface area contributed by atoms with Crippen LogP contribution in [0.1, 0.15) is 11.1 Å². The molecule has 3 nitrogen and oxygen atoms in total. The van der Waals surface area contributed by atoms with Gasteiger partial charge in [0.25, 0.3) is 0 Å². The Morgan fingerprint density at radius 3 is 2.33 bits per heavy atom. The predicted octanol–water partition coefficient (Wildman–Crippen LogP) is 5.91. The summed E-state index contributed by atoms with van der Waals surface area (Å²) < 4.78 is 7.26. The lowest BCUT2D eigenvalue weighted by atomic mass is 10.2. The monoisotopic (exact) mass is 451 g/mol. The summed E-state index contributed by atoms with van der Waals surface area (Å²) in [6, 6.07) is 8.91. The van der Waals surface area contributed by atoms with Gasteiger partial charge in [0.05, 0.1) is 25.2 Å². The Balaban J connectivity index is 2.18. The van der Waals surface area contributed by atoms with Crippen molar-refractivity contribution in [1.82, 2.24) is 0 Å². The molecule has 2 aromatic carbocycles. The first-order valence-electron chi connectivity index (χ1n) is 5.74. The van der Waals surface area contributed by atoms with Crippen molar-refractivity contribution in [3.05, 3.63) is 60.4 Å². The highest BCUT2D eigenvalue weighted by Crippen LogP contribution is 2.35. The third-order valence-electron chi connectivity index (χ3n) is 2.59. The Morgan fingerprint density at radius 2 is 1.76 bits per heavy atom. The summed E-state index contributed by atoms with van der Waals surface area (Å²) in [5.74, 6) is 0.649. The molecule has 0 spiro atoms. The molecule has 1 N–H and O–H groups in total. The zero-order chi connectivity index (χ0) is 15.4. The fourth-order valence-electron chi connectivity index (χ4n) is 1.64. The number of oxime groups is 1. The van der Waals surface area contributed by atoms with Crippen LogP contribution in [0.2, 0.25) is 10.0 Å². The van der Waals surface area contributed by atoms with Crippen molar-refractivity contribution in [2.24, 2.45) is 5.16 Å². The van der Waals surface area contributed by atoms with Crippen molar-refractivity contribution in [1.29, 1.82) is 0 Å². The molecule has 0 aliphatic carbocycles. The topological polar surface area (TPSA) is 41.8 Å². The lowest BCUT2D eigenvalue weighted by Gasteiger charge is -2.11. The minimum absolute atomic E-state index is 0.349. The standard InChI is InChI=1S/C14H9Br2Cl2NO2/c15-10-3-9(6-19-20)4-11(16)14(10)21-7-8-1-2-12(17)13(18)5-8/h1-6,20H,7H2. The Bertz CT molecular complexity index is 670. The van der Waals surface area contributed by atoms with Gasteiger partial charge >= 0.3 is 0 Å². The van der Waals surface area contributed by atoms with E-state index in [0.717, 1.165) is 20.1 Å². The summed E-state index contributed by atoms with van der Waals surface area (Å²) in [5, 5.41) is 12.6. The molecular weight excluding hydrogens is 445 g/mol. The summed E-state index contributed by atoms with van der Waals surface area (Å²) >= 11 is 18.7. The fourth-order valence-corrected chi connectivity index (χ4v) is 3.41. The van der Waals surface area contributed by atoms with Crippen LogP contribution in [-0.4, -0.2) is 11.4 Å². The maximum Gasteiger partial charge on any atom is 0.148 e. The molecule has 0 aromatic heterocycles. The summed E-state index contributed by atoms with van der Waals surface area (Å²) in [4.78, 5) is 0. The molecule has 0 aliphatic heterocycles. The SMILES string of the molecule is ON=Cc1cc(Br)c(OCc2ccc(Cl)c(Cl)c2)c(Br)c1. The smallest absolute Gasteiger partial charge is 0.148 e. The number of nitrogens with zero attached hydrogens (tertiary/aromatic N) is 1. The van der Waals surface area contributed by atoms with Crippen LogP contribution < -0.4 is 4.74 Å². The van der Waals surface area contributed by atoms with Crippen molar-refractivity contribution in [2.45, 2.75) is 6.61 Å². The van der Waals surface area contributed by atoms with Gasteiger partial charge in [0.2, 0.25) is 0 Å². The average molecular weight is 454 g/mol. The van der Waals surface area contributed by atoms with Gasteiger partial charge in [-0.3, -0.25) is 0 Å². The van der Waals surface area contributed by atoms with Crippen LogP contribution in [0.3, 0.4) is 0 Å². The lowest BCUT2D eigenvalue weighted by Crippen LogP contribution is -1.98. The Morgan fingerprint density at radius 1 is 1.10 bits per heavy atom. The summed E-state index contributed by atoms with van der Waals surface area (Å²) in [6.45, 7) is 0.349. The first-order valence-corrected chi connectivity index (χ1v) is 8.08. The molecule has 2 aromatic rings. The van der Waals surface area contributed by atoms with Gasteiger partial charge < -0.3 is 9.94 Å². The maximum absolute atomic E-state index is 8.56. The van der Waals surface area contributed by atoms with Gasteiger partial charge in [0.1, 0.15) is 12.4 Å². The second kappa shape index (κ2) is 7.49. The predicted molar refractivity (Wildman–Crippen MR) is 92.0 cm³/mol. The van der Waals surface area contributed by atoms with Crippen molar-refractivity contribution < 1.29 is 9.94 Å². The minimum atomic E-state index is 0.349. The summed E-state index contributed by atoms with van der Waals surface area (Å²) in [5.41, 5.74) is 1.64. The summed E-state index contributed by atoms with van der Waals surface area (Å²) in [6.07, 6.45) is 1.33. The van der Waals surface area contributed by atoms with Crippen molar-refractivity contribution in [3.63, 3.8) is 0 Å². The Kier molecular flexibility index (Phi) is 5.93. The van der Waals surface area contributed by atoms with Gasteiger partial charge in [-0.25, -0.2) is 0 Å². The van der Waals surface area contributed by atoms with E-state index < -0.39 is 0 Å². The molecule has 7 heteroatoms. The molecule has 110 valence electrons. The maximum atomic E-state index is 8.56. The van der Waals surface area contributed by atoms with Crippen LogP contribution in [-0.2, 0) is 6.61 Å². The van der Waals surface area contributed by atoms with E-state index in [2.05, 4.69) is 37.0 Å². The van der Waals surface area contributed by atoms with E-state index in [1.54, 1.807) is 24.3 Å². The molecular formula is C14H9Br2Cl2NO2. The van der Waals surface area contributed by atoms with Crippen LogP contribution in [0, 0.1) is 0 Å². The second-order valence-electron chi connectivity index (χ2n) is 4.10. The van der Waals surface area contributed by atoms with E-state index in [-0.39, 0.29) is 0 Å². The van der Waals surface area contributed by atoms with Gasteiger partial charge in [-0.2, -0.15) is 0 Å². The quantitative estimate of drug-likeness (QED) is 0.355. The van der Waals surface area contributed by atoms with Gasteiger partial charge in [0, 0.05) is 0 Å². The van der Waals surface area contributed by atoms with E-state index in [9.17, 15) is 0 Å². The van der Waals surface area contributed by atoms with Gasteiger partial charge in [0.15, 0.2) is 0 Å². The van der Waals surface area contributed by atoms with Crippen LogP contribution >= 0.6 is 55.1 Å². The fraction of sp³-hybridized carbons (Fsp3) is 0.0714. The Hall–Kier alpha value is -0.750. The third-order valence-corrected chi connectivity index (χ3v) is 4.51. The second-order valence-corrected chi connectivity index (χ2v) is 6.62. The molecule has 0 heterocycles. The first-order chi connectivity index (χ1) is 10.0. The molecule has 0 saturated carbocycles. The van der Waals surface area contributed by atoms with Crippen LogP contribution in [0.15, 0.2) is 44.4 Å². The molecule has 0 aliphatic rings. The van der Waals surface area contributed by atoms with E-state index in [1.165, 1.54) is 6.21 Å². The molecule has 0 unspecified atom stereocenters. The highest BCUT2D eigenvalue weighted by atomic mass is 79.9. The molecule has 0 atom stereocenters. The number of hydrogen-bond acceptors (Lipinski definition) is 3. The van der Waals surface area contributed by atoms with Gasteiger partial charge in [-0.05, 0) is 67.3 Å². The summed E-state index contributed by atoms with van der Waals surface area (Å²) in [7, 11) is 0. The van der Waals surface area contributed by atoms with Crippen LogP contribution in [0.5, 0.6) is 5.75 Å². The molecule has 0 bridgehead atoms. The number of rotatable bonds is 4. The van der Waals surface area contributed by atoms with E-state index in [4.69, 9.17) is 33.1 Å². The minimum Gasteiger partial charge on any atom is -0.487 e. The van der Waals surface area contributed by atoms with Gasteiger partial charge in [-0.15, -0.1) is 0 Å². The van der Waals surface area contributed by atoms with Crippen molar-refractivity contribution in [3.8, 4) is 5.75 Å². The van der Waals surface area contributed by atoms with E-state index in [0.29, 0.717) is 22.4 Å². The van der Waals surface area contributed by atoms with E-state index >= 15 is 0 Å². The zero-order valence-electron chi connectivity index (χ0n) is 10.5. The van der Waals surface area contributed by atoms with Crippen LogP contribution in [0.4, 0.5) is 0 Å². The molecule has 2 rings (SSSR count). The van der Waals surface area contributed by atoms with Crippen molar-refractivity contribution in [2.75, 3.05) is 0 Å². The average Bonchev–Trinajstić information content (AvgIpc) is 2.42. The number of ether oxygens (including phenoxy) is 1. The number of halogens is 4. The third kappa shape index (κ3) is 4.36. The highest BCUT2D eigenvalue weighted by molar-refractivity contribution is 9.11. The van der Waals surface area contributed by atoms with Gasteiger partial charge in [-0.1, -0.05) is 34.4 Å². The largest absolute Gasteiger partial charge is 0.487 e.